The number of fused-ring (bicyclic) bond motifs is 1. The second-order valence-corrected chi connectivity index (χ2v) is 5.05. The van der Waals surface area contributed by atoms with Gasteiger partial charge in [-0.25, -0.2) is 0 Å². The molecule has 0 aliphatic rings. The van der Waals surface area contributed by atoms with Crippen molar-refractivity contribution in [1.29, 1.82) is 0 Å². The van der Waals surface area contributed by atoms with Gasteiger partial charge >= 0.3 is 0 Å². The van der Waals surface area contributed by atoms with Crippen molar-refractivity contribution >= 4 is 23.5 Å². The summed E-state index contributed by atoms with van der Waals surface area (Å²) in [7, 11) is 0. The second-order valence-electron chi connectivity index (χ2n) is 4.27. The van der Waals surface area contributed by atoms with Gasteiger partial charge < -0.3 is 4.57 Å². The van der Waals surface area contributed by atoms with E-state index >= 15 is 0 Å². The van der Waals surface area contributed by atoms with Crippen molar-refractivity contribution in [3.63, 3.8) is 0 Å². The number of hydrogen-bond acceptors (Lipinski definition) is 1. The fraction of sp³-hybridized carbons (Fsp3) is 0.385. The van der Waals surface area contributed by atoms with Gasteiger partial charge in [-0.05, 0) is 38.5 Å². The van der Waals surface area contributed by atoms with Gasteiger partial charge in [-0.3, -0.25) is 0 Å². The summed E-state index contributed by atoms with van der Waals surface area (Å²) in [6.45, 7) is 6.52. The van der Waals surface area contributed by atoms with Crippen LogP contribution in [0.3, 0.4) is 0 Å². The van der Waals surface area contributed by atoms with Gasteiger partial charge in [-0.1, -0.05) is 12.1 Å². The highest BCUT2D eigenvalue weighted by molar-refractivity contribution is 7.80. The molecular weight excluding hydrogens is 202 g/mol. The van der Waals surface area contributed by atoms with E-state index in [0.717, 1.165) is 0 Å². The predicted octanol–water partition coefficient (Wildman–Crippen LogP) is 4.21. The van der Waals surface area contributed by atoms with Gasteiger partial charge in [-0.2, -0.15) is 12.6 Å². The first-order valence-corrected chi connectivity index (χ1v) is 5.90. The van der Waals surface area contributed by atoms with Crippen LogP contribution in [0.5, 0.6) is 0 Å². The molecule has 1 aromatic heterocycles. The van der Waals surface area contributed by atoms with Crippen LogP contribution in [0.4, 0.5) is 0 Å². The molecule has 0 bridgehead atoms. The molecule has 2 heteroatoms. The Bertz CT molecular complexity index is 468. The number of benzene rings is 1. The van der Waals surface area contributed by atoms with Crippen molar-refractivity contribution < 1.29 is 0 Å². The quantitative estimate of drug-likeness (QED) is 0.722. The van der Waals surface area contributed by atoms with E-state index in [1.807, 2.05) is 0 Å². The molecule has 0 amide bonds. The molecule has 1 unspecified atom stereocenters. The molecule has 80 valence electrons. The van der Waals surface area contributed by atoms with Crippen LogP contribution in [0.15, 0.2) is 30.5 Å². The number of aromatic nitrogens is 1. The lowest BCUT2D eigenvalue weighted by molar-refractivity contribution is 0.623. The normalized spacial score (nSPS) is 13.7. The number of nitrogens with zero attached hydrogens (tertiary/aromatic N) is 1. The predicted molar refractivity (Wildman–Crippen MR) is 69.7 cm³/mol. The minimum Gasteiger partial charge on any atom is -0.345 e. The van der Waals surface area contributed by atoms with Crippen molar-refractivity contribution in [3.8, 4) is 0 Å². The molecule has 0 aliphatic carbocycles. The first kappa shape index (κ1) is 10.6. The lowest BCUT2D eigenvalue weighted by Gasteiger charge is -2.11. The zero-order chi connectivity index (χ0) is 11.0. The molecule has 1 nitrogen and oxygen atoms in total. The van der Waals surface area contributed by atoms with Gasteiger partial charge in [0.1, 0.15) is 0 Å². The zero-order valence-electron chi connectivity index (χ0n) is 9.44. The minimum absolute atomic E-state index is 0.289. The first-order valence-electron chi connectivity index (χ1n) is 5.38. The number of hydrogen-bond donors (Lipinski definition) is 1. The van der Waals surface area contributed by atoms with Gasteiger partial charge in [0.25, 0.3) is 0 Å². The summed E-state index contributed by atoms with van der Waals surface area (Å²) in [4.78, 5) is 0. The maximum atomic E-state index is 4.52. The third kappa shape index (κ3) is 1.78. The molecule has 1 atom stereocenters. The van der Waals surface area contributed by atoms with Crippen LogP contribution in [-0.2, 0) is 0 Å². The molecule has 0 radical (unpaired) electrons. The Morgan fingerprint density at radius 1 is 1.13 bits per heavy atom. The maximum Gasteiger partial charge on any atom is 0.0485 e. The van der Waals surface area contributed by atoms with Crippen molar-refractivity contribution in [1.82, 2.24) is 4.57 Å². The Hall–Kier alpha value is -0.890. The second kappa shape index (κ2) is 3.93. The molecule has 0 aliphatic heterocycles. The SMILES string of the molecule is CC(S)c1cccc2c1ccn2C(C)C. The summed E-state index contributed by atoms with van der Waals surface area (Å²) < 4.78 is 2.30. The number of rotatable bonds is 2. The van der Waals surface area contributed by atoms with E-state index in [0.29, 0.717) is 6.04 Å². The third-order valence-electron chi connectivity index (χ3n) is 2.80. The molecule has 2 rings (SSSR count). The first-order chi connectivity index (χ1) is 7.11. The van der Waals surface area contributed by atoms with Crippen molar-refractivity contribution in [2.24, 2.45) is 0 Å². The van der Waals surface area contributed by atoms with Gasteiger partial charge in [0.2, 0.25) is 0 Å². The smallest absolute Gasteiger partial charge is 0.0485 e. The Kier molecular flexibility index (Phi) is 2.79. The molecule has 2 aromatic rings. The molecule has 0 spiro atoms. The van der Waals surface area contributed by atoms with Gasteiger partial charge in [0, 0.05) is 28.4 Å². The van der Waals surface area contributed by atoms with Gasteiger partial charge in [-0.15, -0.1) is 0 Å². The summed E-state index contributed by atoms with van der Waals surface area (Å²) in [5.41, 5.74) is 2.62. The molecule has 0 N–H and O–H groups in total. The molecule has 15 heavy (non-hydrogen) atoms. The standard InChI is InChI=1S/C13H17NS/c1-9(2)14-8-7-12-11(10(3)15)5-4-6-13(12)14/h4-10,15H,1-3H3. The maximum absolute atomic E-state index is 4.52. The lowest BCUT2D eigenvalue weighted by Crippen LogP contribution is -1.98. The molecular formula is C13H17NS. The molecule has 0 saturated heterocycles. The highest BCUT2D eigenvalue weighted by Crippen LogP contribution is 2.29. The van der Waals surface area contributed by atoms with Crippen LogP contribution >= 0.6 is 12.6 Å². The zero-order valence-corrected chi connectivity index (χ0v) is 10.3. The van der Waals surface area contributed by atoms with Gasteiger partial charge in [0.05, 0.1) is 0 Å². The average Bonchev–Trinajstić information content (AvgIpc) is 2.59. The van der Waals surface area contributed by atoms with Crippen molar-refractivity contribution in [2.75, 3.05) is 0 Å². The number of thiol groups is 1. The Morgan fingerprint density at radius 3 is 2.47 bits per heavy atom. The van der Waals surface area contributed by atoms with Crippen LogP contribution in [0, 0.1) is 0 Å². The third-order valence-corrected chi connectivity index (χ3v) is 3.08. The van der Waals surface area contributed by atoms with Crippen LogP contribution < -0.4 is 0 Å². The molecule has 0 saturated carbocycles. The average molecular weight is 219 g/mol. The minimum atomic E-state index is 0.289. The Morgan fingerprint density at radius 2 is 1.87 bits per heavy atom. The van der Waals surface area contributed by atoms with E-state index < -0.39 is 0 Å². The highest BCUT2D eigenvalue weighted by Gasteiger charge is 2.09. The fourth-order valence-electron chi connectivity index (χ4n) is 2.03. The molecule has 1 aromatic carbocycles. The van der Waals surface area contributed by atoms with E-state index in [1.165, 1.54) is 16.5 Å². The summed E-state index contributed by atoms with van der Waals surface area (Å²) in [6, 6.07) is 9.15. The molecule has 1 heterocycles. The summed E-state index contributed by atoms with van der Waals surface area (Å²) in [5, 5.41) is 1.62. The van der Waals surface area contributed by atoms with Crippen LogP contribution in [0.25, 0.3) is 10.9 Å². The van der Waals surface area contributed by atoms with E-state index in [9.17, 15) is 0 Å². The van der Waals surface area contributed by atoms with Gasteiger partial charge in [0.15, 0.2) is 0 Å². The highest BCUT2D eigenvalue weighted by atomic mass is 32.1. The molecule has 0 fully saturated rings. The van der Waals surface area contributed by atoms with Crippen LogP contribution in [0.1, 0.15) is 37.6 Å². The largest absolute Gasteiger partial charge is 0.345 e. The Labute approximate surface area is 96.5 Å². The van der Waals surface area contributed by atoms with E-state index in [4.69, 9.17) is 0 Å². The summed E-state index contributed by atoms with van der Waals surface area (Å²) in [6.07, 6.45) is 2.16. The van der Waals surface area contributed by atoms with Crippen LogP contribution in [0.2, 0.25) is 0 Å². The van der Waals surface area contributed by atoms with E-state index in [-0.39, 0.29) is 5.25 Å². The lowest BCUT2D eigenvalue weighted by atomic mass is 10.1. The Balaban J connectivity index is 2.69. The van der Waals surface area contributed by atoms with E-state index in [1.54, 1.807) is 0 Å². The monoisotopic (exact) mass is 219 g/mol. The van der Waals surface area contributed by atoms with Crippen molar-refractivity contribution in [2.45, 2.75) is 32.1 Å². The fourth-order valence-corrected chi connectivity index (χ4v) is 2.25. The van der Waals surface area contributed by atoms with Crippen LogP contribution in [-0.4, -0.2) is 4.57 Å². The summed E-state index contributed by atoms with van der Waals surface area (Å²) >= 11 is 4.52. The topological polar surface area (TPSA) is 4.93 Å². The van der Waals surface area contributed by atoms with E-state index in [2.05, 4.69) is 68.4 Å². The van der Waals surface area contributed by atoms with Crippen molar-refractivity contribution in [3.05, 3.63) is 36.0 Å². The summed E-state index contributed by atoms with van der Waals surface area (Å²) in [5.74, 6) is 0.